The van der Waals surface area contributed by atoms with Crippen LogP contribution >= 0.6 is 11.3 Å². The lowest BCUT2D eigenvalue weighted by Crippen LogP contribution is -2.16. The van der Waals surface area contributed by atoms with Crippen LogP contribution in [0.4, 0.5) is 5.00 Å². The number of benzene rings is 1. The monoisotopic (exact) mass is 336 g/mol. The molecule has 0 unspecified atom stereocenters. The van der Waals surface area contributed by atoms with Crippen LogP contribution < -0.4 is 20.5 Å². The second kappa shape index (κ2) is 6.57. The number of anilines is 1. The minimum Gasteiger partial charge on any atom is -0.504 e. The fourth-order valence-electron chi connectivity index (χ4n) is 2.04. The summed E-state index contributed by atoms with van der Waals surface area (Å²) in [6.07, 6.45) is 0. The van der Waals surface area contributed by atoms with Gasteiger partial charge in [0.1, 0.15) is 5.00 Å². The van der Waals surface area contributed by atoms with Crippen LogP contribution in [0.3, 0.4) is 0 Å². The van der Waals surface area contributed by atoms with E-state index in [2.05, 4.69) is 5.32 Å². The van der Waals surface area contributed by atoms with E-state index in [-0.39, 0.29) is 28.4 Å². The van der Waals surface area contributed by atoms with E-state index in [4.69, 9.17) is 15.2 Å². The summed E-state index contributed by atoms with van der Waals surface area (Å²) in [7, 11) is 2.78. The Morgan fingerprint density at radius 1 is 1.22 bits per heavy atom. The molecule has 1 aromatic heterocycles. The summed E-state index contributed by atoms with van der Waals surface area (Å²) in [5, 5.41) is 12.9. The minimum absolute atomic E-state index is 0.133. The summed E-state index contributed by atoms with van der Waals surface area (Å²) in [5.41, 5.74) is 5.69. The Balaban J connectivity index is 2.35. The smallest absolute Gasteiger partial charge is 0.256 e. The second-order valence-electron chi connectivity index (χ2n) is 4.65. The van der Waals surface area contributed by atoms with E-state index < -0.39 is 11.8 Å². The van der Waals surface area contributed by atoms with Crippen LogP contribution in [0, 0.1) is 6.92 Å². The highest BCUT2D eigenvalue weighted by atomic mass is 32.1. The van der Waals surface area contributed by atoms with Crippen LogP contribution in [0.1, 0.15) is 25.6 Å². The van der Waals surface area contributed by atoms with E-state index in [9.17, 15) is 14.7 Å². The molecule has 2 rings (SSSR count). The van der Waals surface area contributed by atoms with Crippen molar-refractivity contribution in [2.24, 2.45) is 5.73 Å². The van der Waals surface area contributed by atoms with E-state index in [0.717, 1.165) is 4.88 Å². The van der Waals surface area contributed by atoms with Crippen molar-refractivity contribution in [3.63, 3.8) is 0 Å². The number of rotatable bonds is 5. The molecular formula is C15H16N2O5S. The maximum Gasteiger partial charge on any atom is 0.256 e. The number of thiophene rings is 1. The molecule has 1 aromatic carbocycles. The standard InChI is InChI=1S/C15H16N2O5S/c1-7-4-9(13(16)19)15(23-7)17-14(20)8-5-10(18)12(22-3)11(6-8)21-2/h4-6,18H,1-3H3,(H2,16,19)(H,17,20). The Morgan fingerprint density at radius 3 is 2.48 bits per heavy atom. The zero-order valence-corrected chi connectivity index (χ0v) is 13.6. The van der Waals surface area contributed by atoms with Crippen molar-refractivity contribution in [1.82, 2.24) is 0 Å². The minimum atomic E-state index is -0.625. The summed E-state index contributed by atoms with van der Waals surface area (Å²) >= 11 is 1.24. The summed E-state index contributed by atoms with van der Waals surface area (Å²) in [5.74, 6) is -1.01. The molecular weight excluding hydrogens is 320 g/mol. The number of nitrogens with two attached hydrogens (primary N) is 1. The normalized spacial score (nSPS) is 10.2. The third kappa shape index (κ3) is 3.37. The summed E-state index contributed by atoms with van der Waals surface area (Å²) in [4.78, 5) is 24.6. The third-order valence-corrected chi connectivity index (χ3v) is 4.04. The maximum absolute atomic E-state index is 12.4. The average Bonchev–Trinajstić information content (AvgIpc) is 2.87. The second-order valence-corrected chi connectivity index (χ2v) is 5.91. The lowest BCUT2D eigenvalue weighted by Gasteiger charge is -2.11. The number of hydrogen-bond acceptors (Lipinski definition) is 6. The molecule has 4 N–H and O–H groups in total. The van der Waals surface area contributed by atoms with Gasteiger partial charge in [0.25, 0.3) is 11.8 Å². The predicted octanol–water partition coefficient (Wildman–Crippen LogP) is 2.13. The molecule has 8 heteroatoms. The molecule has 0 aliphatic heterocycles. The van der Waals surface area contributed by atoms with E-state index in [0.29, 0.717) is 5.00 Å². The van der Waals surface area contributed by atoms with Gasteiger partial charge in [0.15, 0.2) is 11.5 Å². The van der Waals surface area contributed by atoms with Gasteiger partial charge in [0.05, 0.1) is 19.8 Å². The predicted molar refractivity (Wildman–Crippen MR) is 86.7 cm³/mol. The zero-order chi connectivity index (χ0) is 17.1. The Hall–Kier alpha value is -2.74. The number of amides is 2. The van der Waals surface area contributed by atoms with E-state index >= 15 is 0 Å². The Labute approximate surface area is 136 Å². The number of primary amides is 1. The first kappa shape index (κ1) is 16.6. The van der Waals surface area contributed by atoms with E-state index in [1.807, 2.05) is 0 Å². The van der Waals surface area contributed by atoms with Crippen molar-refractivity contribution in [2.45, 2.75) is 6.92 Å². The third-order valence-electron chi connectivity index (χ3n) is 3.07. The number of phenols is 1. The number of methoxy groups -OCH3 is 2. The van der Waals surface area contributed by atoms with Gasteiger partial charge in [-0.2, -0.15) is 0 Å². The van der Waals surface area contributed by atoms with Gasteiger partial charge in [0, 0.05) is 10.4 Å². The molecule has 0 aliphatic rings. The average molecular weight is 336 g/mol. The van der Waals surface area contributed by atoms with E-state index in [1.165, 1.54) is 37.7 Å². The molecule has 0 bridgehead atoms. The van der Waals surface area contributed by atoms with Crippen molar-refractivity contribution < 1.29 is 24.2 Å². The van der Waals surface area contributed by atoms with Crippen LogP contribution in [0.15, 0.2) is 18.2 Å². The lowest BCUT2D eigenvalue weighted by molar-refractivity contribution is 0.100. The summed E-state index contributed by atoms with van der Waals surface area (Å²) in [6.45, 7) is 1.80. The van der Waals surface area contributed by atoms with Gasteiger partial charge < -0.3 is 25.6 Å². The molecule has 0 saturated carbocycles. The quantitative estimate of drug-likeness (QED) is 0.774. The fraction of sp³-hybridized carbons (Fsp3) is 0.200. The highest BCUT2D eigenvalue weighted by Gasteiger charge is 2.19. The van der Waals surface area contributed by atoms with Crippen LogP contribution in [-0.4, -0.2) is 31.1 Å². The number of carbonyl (C=O) groups is 2. The summed E-state index contributed by atoms with van der Waals surface area (Å²) in [6, 6.07) is 4.29. The molecule has 0 radical (unpaired) electrons. The topological polar surface area (TPSA) is 111 Å². The van der Waals surface area contributed by atoms with Crippen molar-refractivity contribution in [1.29, 1.82) is 0 Å². The van der Waals surface area contributed by atoms with Crippen molar-refractivity contribution in [3.05, 3.63) is 34.2 Å². The Morgan fingerprint density at radius 2 is 1.91 bits per heavy atom. The molecule has 2 aromatic rings. The first-order chi connectivity index (χ1) is 10.9. The highest BCUT2D eigenvalue weighted by Crippen LogP contribution is 2.37. The summed E-state index contributed by atoms with van der Waals surface area (Å²) < 4.78 is 10.1. The first-order valence-corrected chi connectivity index (χ1v) is 7.35. The first-order valence-electron chi connectivity index (χ1n) is 6.54. The molecule has 0 spiro atoms. The van der Waals surface area contributed by atoms with Crippen molar-refractivity contribution >= 4 is 28.2 Å². The van der Waals surface area contributed by atoms with Gasteiger partial charge >= 0.3 is 0 Å². The SMILES string of the molecule is COc1cc(C(=O)Nc2sc(C)cc2C(N)=O)cc(O)c1OC. The Bertz CT molecular complexity index is 769. The number of hydrogen-bond donors (Lipinski definition) is 3. The molecule has 1 heterocycles. The van der Waals surface area contributed by atoms with Crippen LogP contribution in [0.2, 0.25) is 0 Å². The molecule has 0 fully saturated rings. The van der Waals surface area contributed by atoms with Crippen LogP contribution in [0.5, 0.6) is 17.2 Å². The Kier molecular flexibility index (Phi) is 4.75. The molecule has 7 nitrogen and oxygen atoms in total. The molecule has 0 saturated heterocycles. The number of nitrogens with one attached hydrogen (secondary N) is 1. The number of carbonyl (C=O) groups excluding carboxylic acids is 2. The largest absolute Gasteiger partial charge is 0.504 e. The molecule has 122 valence electrons. The number of aryl methyl sites for hydroxylation is 1. The van der Waals surface area contributed by atoms with Gasteiger partial charge in [-0.25, -0.2) is 0 Å². The highest BCUT2D eigenvalue weighted by molar-refractivity contribution is 7.16. The lowest BCUT2D eigenvalue weighted by atomic mass is 10.1. The number of aromatic hydroxyl groups is 1. The molecule has 0 atom stereocenters. The van der Waals surface area contributed by atoms with Gasteiger partial charge in [0.2, 0.25) is 5.75 Å². The number of phenolic OH excluding ortho intramolecular Hbond substituents is 1. The van der Waals surface area contributed by atoms with E-state index in [1.54, 1.807) is 13.0 Å². The van der Waals surface area contributed by atoms with Crippen molar-refractivity contribution in [2.75, 3.05) is 19.5 Å². The fourth-order valence-corrected chi connectivity index (χ4v) is 2.95. The van der Waals surface area contributed by atoms with Gasteiger partial charge in [-0.05, 0) is 25.1 Å². The van der Waals surface area contributed by atoms with Crippen LogP contribution in [-0.2, 0) is 0 Å². The maximum atomic E-state index is 12.4. The zero-order valence-electron chi connectivity index (χ0n) is 12.8. The van der Waals surface area contributed by atoms with Crippen molar-refractivity contribution in [3.8, 4) is 17.2 Å². The van der Waals surface area contributed by atoms with Gasteiger partial charge in [-0.15, -0.1) is 11.3 Å². The van der Waals surface area contributed by atoms with Crippen LogP contribution in [0.25, 0.3) is 0 Å². The molecule has 2 amide bonds. The molecule has 0 aliphatic carbocycles. The van der Waals surface area contributed by atoms with Gasteiger partial charge in [-0.3, -0.25) is 9.59 Å². The molecule has 23 heavy (non-hydrogen) atoms. The van der Waals surface area contributed by atoms with Gasteiger partial charge in [-0.1, -0.05) is 0 Å². The number of ether oxygens (including phenoxy) is 2.